The Morgan fingerprint density at radius 1 is 1.38 bits per heavy atom. The number of nitrogens with one attached hydrogen (secondary N) is 1. The molecule has 0 amide bonds. The van der Waals surface area contributed by atoms with Crippen molar-refractivity contribution >= 4 is 17.7 Å². The molecule has 1 aromatic carbocycles. The summed E-state index contributed by atoms with van der Waals surface area (Å²) >= 11 is 5.74. The van der Waals surface area contributed by atoms with Crippen molar-refractivity contribution in [2.24, 2.45) is 0 Å². The molecule has 0 aliphatic carbocycles. The van der Waals surface area contributed by atoms with Gasteiger partial charge in [0.2, 0.25) is 0 Å². The summed E-state index contributed by atoms with van der Waals surface area (Å²) in [6, 6.07) is 9.34. The predicted molar refractivity (Wildman–Crippen MR) is 64.0 cm³/mol. The molecule has 1 atom stereocenters. The molecule has 0 bridgehead atoms. The Bertz CT molecular complexity index is 336. The highest BCUT2D eigenvalue weighted by atomic mass is 35.5. The molecule has 16 heavy (non-hydrogen) atoms. The number of hydrogen-bond acceptors (Lipinski definition) is 3. The molecule has 0 aliphatic heterocycles. The summed E-state index contributed by atoms with van der Waals surface area (Å²) in [6.45, 7) is 4.00. The predicted octanol–water partition coefficient (Wildman–Crippen LogP) is 2.60. The first-order valence-corrected chi connectivity index (χ1v) is 5.69. The van der Waals surface area contributed by atoms with Crippen LogP contribution >= 0.6 is 11.8 Å². The van der Waals surface area contributed by atoms with Gasteiger partial charge in [-0.15, -0.1) is 0 Å². The SMILES string of the molecule is CCOC(=O)C(CC)(NCl)c1ccccc1. The van der Waals surface area contributed by atoms with Crippen LogP contribution in [0.3, 0.4) is 0 Å². The summed E-state index contributed by atoms with van der Waals surface area (Å²) in [5, 5.41) is 0. The molecule has 1 rings (SSSR count). The lowest BCUT2D eigenvalue weighted by molar-refractivity contribution is -0.151. The largest absolute Gasteiger partial charge is 0.464 e. The summed E-state index contributed by atoms with van der Waals surface area (Å²) in [7, 11) is 0. The Hall–Kier alpha value is -1.06. The molecule has 0 saturated carbocycles. The number of rotatable bonds is 5. The van der Waals surface area contributed by atoms with E-state index in [1.807, 2.05) is 37.3 Å². The number of hydrogen-bond donors (Lipinski definition) is 1. The molecule has 3 nitrogen and oxygen atoms in total. The first-order valence-electron chi connectivity index (χ1n) is 5.31. The highest BCUT2D eigenvalue weighted by molar-refractivity contribution is 6.15. The topological polar surface area (TPSA) is 38.3 Å². The maximum Gasteiger partial charge on any atom is 0.332 e. The fraction of sp³-hybridized carbons (Fsp3) is 0.417. The van der Waals surface area contributed by atoms with Crippen LogP contribution < -0.4 is 4.84 Å². The molecule has 4 heteroatoms. The van der Waals surface area contributed by atoms with Gasteiger partial charge in [-0.1, -0.05) is 37.3 Å². The van der Waals surface area contributed by atoms with E-state index >= 15 is 0 Å². The molecular formula is C12H16ClNO2. The molecule has 1 unspecified atom stereocenters. The van der Waals surface area contributed by atoms with Crippen LogP contribution in [0, 0.1) is 0 Å². The third kappa shape index (κ3) is 2.36. The van der Waals surface area contributed by atoms with Crippen LogP contribution in [0.1, 0.15) is 25.8 Å². The van der Waals surface area contributed by atoms with Gasteiger partial charge in [-0.05, 0) is 30.7 Å². The highest BCUT2D eigenvalue weighted by Gasteiger charge is 2.39. The minimum atomic E-state index is -0.959. The smallest absolute Gasteiger partial charge is 0.332 e. The maximum atomic E-state index is 12.0. The van der Waals surface area contributed by atoms with Crippen LogP contribution in [0.4, 0.5) is 0 Å². The van der Waals surface area contributed by atoms with E-state index in [9.17, 15) is 4.79 Å². The molecule has 0 aromatic heterocycles. The Morgan fingerprint density at radius 2 is 2.00 bits per heavy atom. The Labute approximate surface area is 101 Å². The minimum absolute atomic E-state index is 0.339. The zero-order valence-corrected chi connectivity index (χ0v) is 10.3. The van der Waals surface area contributed by atoms with Gasteiger partial charge in [-0.2, -0.15) is 0 Å². The average molecular weight is 242 g/mol. The van der Waals surface area contributed by atoms with Crippen molar-refractivity contribution in [2.45, 2.75) is 25.8 Å². The first kappa shape index (κ1) is 13.0. The van der Waals surface area contributed by atoms with Gasteiger partial charge in [0, 0.05) is 0 Å². The van der Waals surface area contributed by atoms with E-state index in [0.29, 0.717) is 13.0 Å². The molecule has 1 aromatic rings. The Morgan fingerprint density at radius 3 is 2.44 bits per heavy atom. The maximum absolute atomic E-state index is 12.0. The van der Waals surface area contributed by atoms with Gasteiger partial charge in [0.15, 0.2) is 5.54 Å². The van der Waals surface area contributed by atoms with Crippen LogP contribution in [0.15, 0.2) is 30.3 Å². The van der Waals surface area contributed by atoms with Gasteiger partial charge in [-0.3, -0.25) is 0 Å². The van der Waals surface area contributed by atoms with Gasteiger partial charge in [0.25, 0.3) is 0 Å². The number of ether oxygens (including phenoxy) is 1. The van der Waals surface area contributed by atoms with Crippen molar-refractivity contribution in [3.63, 3.8) is 0 Å². The van der Waals surface area contributed by atoms with Gasteiger partial charge in [0.1, 0.15) is 0 Å². The average Bonchev–Trinajstić information content (AvgIpc) is 2.33. The van der Waals surface area contributed by atoms with E-state index in [4.69, 9.17) is 16.5 Å². The second-order valence-electron chi connectivity index (χ2n) is 3.44. The molecule has 1 N–H and O–H groups in total. The Balaban J connectivity index is 3.10. The third-order valence-electron chi connectivity index (χ3n) is 2.58. The minimum Gasteiger partial charge on any atom is -0.464 e. The van der Waals surface area contributed by atoms with E-state index in [2.05, 4.69) is 4.84 Å². The lowest BCUT2D eigenvalue weighted by Crippen LogP contribution is -2.45. The molecule has 0 radical (unpaired) electrons. The molecule has 0 aliphatic rings. The first-order chi connectivity index (χ1) is 7.71. The summed E-state index contributed by atoms with van der Waals surface area (Å²) in [4.78, 5) is 14.5. The molecule has 0 saturated heterocycles. The van der Waals surface area contributed by atoms with Crippen molar-refractivity contribution in [1.29, 1.82) is 0 Å². The molecular weight excluding hydrogens is 226 g/mol. The molecule has 0 fully saturated rings. The van der Waals surface area contributed by atoms with E-state index in [0.717, 1.165) is 5.56 Å². The quantitative estimate of drug-likeness (QED) is 0.636. The second kappa shape index (κ2) is 5.87. The van der Waals surface area contributed by atoms with Crippen molar-refractivity contribution in [2.75, 3.05) is 6.61 Å². The van der Waals surface area contributed by atoms with Gasteiger partial charge >= 0.3 is 5.97 Å². The van der Waals surface area contributed by atoms with Crippen LogP contribution in [0.5, 0.6) is 0 Å². The summed E-state index contributed by atoms with van der Waals surface area (Å²) in [5.74, 6) is -0.348. The highest BCUT2D eigenvalue weighted by Crippen LogP contribution is 2.27. The van der Waals surface area contributed by atoms with Crippen molar-refractivity contribution in [1.82, 2.24) is 4.84 Å². The fourth-order valence-corrected chi connectivity index (χ4v) is 1.92. The fourth-order valence-electron chi connectivity index (χ4n) is 1.60. The molecule has 0 spiro atoms. The summed E-state index contributed by atoms with van der Waals surface area (Å²) in [5.41, 5.74) is -0.148. The number of esters is 1. The number of carbonyl (C=O) groups excluding carboxylic acids is 1. The number of carbonyl (C=O) groups is 1. The summed E-state index contributed by atoms with van der Waals surface area (Å²) in [6.07, 6.45) is 0.527. The monoisotopic (exact) mass is 241 g/mol. The van der Waals surface area contributed by atoms with Crippen molar-refractivity contribution in [3.05, 3.63) is 35.9 Å². The normalized spacial score (nSPS) is 14.2. The van der Waals surface area contributed by atoms with E-state index in [1.165, 1.54) is 0 Å². The van der Waals surface area contributed by atoms with Crippen LogP contribution in [-0.2, 0) is 15.1 Å². The van der Waals surface area contributed by atoms with Crippen molar-refractivity contribution < 1.29 is 9.53 Å². The van der Waals surface area contributed by atoms with E-state index in [-0.39, 0.29) is 5.97 Å². The molecule has 88 valence electrons. The molecule has 0 heterocycles. The summed E-state index contributed by atoms with van der Waals surface area (Å²) < 4.78 is 5.06. The van der Waals surface area contributed by atoms with Gasteiger partial charge in [0.05, 0.1) is 6.61 Å². The lowest BCUT2D eigenvalue weighted by Gasteiger charge is -2.28. The van der Waals surface area contributed by atoms with Crippen LogP contribution in [0.2, 0.25) is 0 Å². The Kier molecular flexibility index (Phi) is 4.77. The van der Waals surface area contributed by atoms with Crippen LogP contribution in [0.25, 0.3) is 0 Å². The van der Waals surface area contributed by atoms with E-state index < -0.39 is 5.54 Å². The standard InChI is InChI=1S/C12H16ClNO2/c1-3-12(14-13,11(15)16-4-2)10-8-6-5-7-9-10/h5-9,14H,3-4H2,1-2H3. The number of halogens is 1. The van der Waals surface area contributed by atoms with E-state index in [1.54, 1.807) is 6.92 Å². The van der Waals surface area contributed by atoms with Crippen molar-refractivity contribution in [3.8, 4) is 0 Å². The van der Waals surface area contributed by atoms with Gasteiger partial charge in [-0.25, -0.2) is 9.63 Å². The third-order valence-corrected chi connectivity index (χ3v) is 2.90. The lowest BCUT2D eigenvalue weighted by atomic mass is 9.88. The van der Waals surface area contributed by atoms with Gasteiger partial charge < -0.3 is 4.74 Å². The zero-order valence-electron chi connectivity index (χ0n) is 9.50. The van der Waals surface area contributed by atoms with Crippen LogP contribution in [-0.4, -0.2) is 12.6 Å². The number of benzene rings is 1. The second-order valence-corrected chi connectivity index (χ2v) is 3.63. The zero-order chi connectivity index (χ0) is 12.0.